The van der Waals surface area contributed by atoms with Gasteiger partial charge < -0.3 is 4.40 Å². The zero-order valence-corrected chi connectivity index (χ0v) is 12.8. The Labute approximate surface area is 131 Å². The molecule has 0 aliphatic rings. The molecule has 0 amide bonds. The van der Waals surface area contributed by atoms with Gasteiger partial charge in [0, 0.05) is 24.5 Å². The minimum absolute atomic E-state index is 0.183. The van der Waals surface area contributed by atoms with Crippen molar-refractivity contribution >= 4 is 27.0 Å². The van der Waals surface area contributed by atoms with Gasteiger partial charge in [-0.3, -0.25) is 14.8 Å². The van der Waals surface area contributed by atoms with Crippen LogP contribution in [0.1, 0.15) is 5.69 Å². The summed E-state index contributed by atoms with van der Waals surface area (Å²) in [6, 6.07) is 8.13. The number of sulfonamides is 1. The number of pyridine rings is 1. The van der Waals surface area contributed by atoms with E-state index in [2.05, 4.69) is 9.71 Å². The zero-order chi connectivity index (χ0) is 16.6. The Morgan fingerprint density at radius 1 is 1.26 bits per heavy atom. The Hall–Kier alpha value is -2.94. The number of nitro benzene ring substituents is 1. The fourth-order valence-electron chi connectivity index (χ4n) is 2.18. The van der Waals surface area contributed by atoms with Crippen LogP contribution in [0.3, 0.4) is 0 Å². The van der Waals surface area contributed by atoms with E-state index < -0.39 is 14.9 Å². The molecule has 0 aliphatic heterocycles. The second kappa shape index (κ2) is 5.36. The Bertz CT molecular complexity index is 1010. The van der Waals surface area contributed by atoms with Crippen LogP contribution < -0.4 is 4.72 Å². The minimum Gasteiger partial charge on any atom is -0.305 e. The monoisotopic (exact) mass is 332 g/mol. The quantitative estimate of drug-likeness (QED) is 0.583. The zero-order valence-electron chi connectivity index (χ0n) is 12.0. The number of rotatable bonds is 4. The molecule has 8 nitrogen and oxygen atoms in total. The third-order valence-electron chi connectivity index (χ3n) is 3.19. The third kappa shape index (κ3) is 2.86. The number of anilines is 1. The van der Waals surface area contributed by atoms with Gasteiger partial charge in [0.05, 0.1) is 21.2 Å². The van der Waals surface area contributed by atoms with Crippen LogP contribution in [0.15, 0.2) is 53.7 Å². The molecule has 2 aromatic heterocycles. The average Bonchev–Trinajstić information content (AvgIpc) is 2.88. The first-order valence-corrected chi connectivity index (χ1v) is 8.07. The fraction of sp³-hybridized carbons (Fsp3) is 0.0714. The number of hydrogen-bond acceptors (Lipinski definition) is 5. The smallest absolute Gasteiger partial charge is 0.270 e. The highest BCUT2D eigenvalue weighted by Crippen LogP contribution is 2.23. The maximum atomic E-state index is 12.5. The molecule has 0 spiro atoms. The van der Waals surface area contributed by atoms with Crippen LogP contribution in [0.2, 0.25) is 0 Å². The van der Waals surface area contributed by atoms with Gasteiger partial charge in [-0.15, -0.1) is 0 Å². The number of nitrogens with zero attached hydrogens (tertiary/aromatic N) is 3. The Morgan fingerprint density at radius 2 is 2.04 bits per heavy atom. The molecular weight excluding hydrogens is 320 g/mol. The van der Waals surface area contributed by atoms with Crippen LogP contribution in [0.4, 0.5) is 11.4 Å². The van der Waals surface area contributed by atoms with Gasteiger partial charge in [0.25, 0.3) is 15.7 Å². The van der Waals surface area contributed by atoms with Crippen LogP contribution in [0.5, 0.6) is 0 Å². The van der Waals surface area contributed by atoms with Gasteiger partial charge in [0.1, 0.15) is 0 Å². The predicted octanol–water partition coefficient (Wildman–Crippen LogP) is 2.35. The van der Waals surface area contributed by atoms with Gasteiger partial charge in [-0.2, -0.15) is 0 Å². The minimum atomic E-state index is -3.96. The van der Waals surface area contributed by atoms with Crippen molar-refractivity contribution in [3.63, 3.8) is 0 Å². The molecule has 0 radical (unpaired) electrons. The summed E-state index contributed by atoms with van der Waals surface area (Å²) >= 11 is 0. The Balaban J connectivity index is 2.03. The number of nitro groups is 1. The van der Waals surface area contributed by atoms with Crippen molar-refractivity contribution in [2.24, 2.45) is 0 Å². The van der Waals surface area contributed by atoms with Gasteiger partial charge >= 0.3 is 0 Å². The number of hydrogen-bond donors (Lipinski definition) is 1. The van der Waals surface area contributed by atoms with Gasteiger partial charge in [0.2, 0.25) is 0 Å². The van der Waals surface area contributed by atoms with E-state index in [-0.39, 0.29) is 10.6 Å². The molecule has 0 bridgehead atoms. The highest BCUT2D eigenvalue weighted by atomic mass is 32.2. The summed E-state index contributed by atoms with van der Waals surface area (Å²) in [5, 5.41) is 10.8. The van der Waals surface area contributed by atoms with E-state index in [9.17, 15) is 18.5 Å². The molecule has 0 unspecified atom stereocenters. The van der Waals surface area contributed by atoms with E-state index in [0.29, 0.717) is 11.3 Å². The summed E-state index contributed by atoms with van der Waals surface area (Å²) in [7, 11) is -3.96. The first kappa shape index (κ1) is 15.0. The third-order valence-corrected chi connectivity index (χ3v) is 4.55. The molecule has 3 rings (SSSR count). The van der Waals surface area contributed by atoms with Crippen LogP contribution in [-0.4, -0.2) is 22.7 Å². The molecule has 2 heterocycles. The summed E-state index contributed by atoms with van der Waals surface area (Å²) in [5.74, 6) is 0. The molecule has 0 atom stereocenters. The molecule has 0 saturated carbocycles. The van der Waals surface area contributed by atoms with Crippen molar-refractivity contribution in [1.29, 1.82) is 0 Å². The lowest BCUT2D eigenvalue weighted by Gasteiger charge is -2.08. The van der Waals surface area contributed by atoms with Crippen molar-refractivity contribution in [2.75, 3.05) is 4.72 Å². The van der Waals surface area contributed by atoms with Crippen LogP contribution in [0, 0.1) is 17.0 Å². The number of fused-ring (bicyclic) bond motifs is 1. The van der Waals surface area contributed by atoms with Crippen molar-refractivity contribution < 1.29 is 13.3 Å². The Morgan fingerprint density at radius 3 is 2.78 bits per heavy atom. The number of aryl methyl sites for hydroxylation is 1. The molecule has 0 aliphatic carbocycles. The number of nitrogens with one attached hydrogen (secondary N) is 1. The molecule has 0 saturated heterocycles. The number of benzene rings is 1. The van der Waals surface area contributed by atoms with E-state index in [1.807, 2.05) is 0 Å². The van der Waals surface area contributed by atoms with E-state index in [1.54, 1.807) is 35.9 Å². The molecule has 118 valence electrons. The first-order chi connectivity index (χ1) is 10.9. The number of aromatic nitrogens is 2. The largest absolute Gasteiger partial charge is 0.305 e. The summed E-state index contributed by atoms with van der Waals surface area (Å²) in [6.07, 6.45) is 3.51. The predicted molar refractivity (Wildman–Crippen MR) is 83.8 cm³/mol. The molecule has 1 aromatic carbocycles. The first-order valence-electron chi connectivity index (χ1n) is 6.58. The molecule has 3 aromatic rings. The topological polar surface area (TPSA) is 107 Å². The Kier molecular flexibility index (Phi) is 3.49. The van der Waals surface area contributed by atoms with Gasteiger partial charge in [0.15, 0.2) is 5.65 Å². The molecule has 9 heteroatoms. The van der Waals surface area contributed by atoms with Crippen LogP contribution in [0.25, 0.3) is 5.65 Å². The van der Waals surface area contributed by atoms with Crippen molar-refractivity contribution in [3.05, 3.63) is 64.6 Å². The van der Waals surface area contributed by atoms with E-state index in [4.69, 9.17) is 0 Å². The highest BCUT2D eigenvalue weighted by Gasteiger charge is 2.19. The highest BCUT2D eigenvalue weighted by molar-refractivity contribution is 7.92. The standard InChI is InChI=1S/C14H12N4O4S/c1-10-9-17-7-3-6-13(14(17)15-10)16-23(21,22)12-5-2-4-11(8-12)18(19)20/h2-9,16H,1H3. The molecular formula is C14H12N4O4S. The van der Waals surface area contributed by atoms with Crippen molar-refractivity contribution in [1.82, 2.24) is 9.38 Å². The second-order valence-electron chi connectivity index (χ2n) is 4.89. The van der Waals surface area contributed by atoms with Crippen LogP contribution >= 0.6 is 0 Å². The number of non-ortho nitro benzene ring substituents is 1. The molecule has 0 fully saturated rings. The maximum absolute atomic E-state index is 12.5. The van der Waals surface area contributed by atoms with Gasteiger partial charge in [-0.1, -0.05) is 6.07 Å². The van der Waals surface area contributed by atoms with E-state index in [1.165, 1.54) is 18.2 Å². The fourth-order valence-corrected chi connectivity index (χ4v) is 3.28. The summed E-state index contributed by atoms with van der Waals surface area (Å²) in [4.78, 5) is 14.2. The van der Waals surface area contributed by atoms with Gasteiger partial charge in [-0.05, 0) is 25.1 Å². The van der Waals surface area contributed by atoms with Crippen LogP contribution in [-0.2, 0) is 10.0 Å². The van der Waals surface area contributed by atoms with Crippen molar-refractivity contribution in [2.45, 2.75) is 11.8 Å². The van der Waals surface area contributed by atoms with E-state index in [0.717, 1.165) is 11.8 Å². The summed E-state index contributed by atoms with van der Waals surface area (Å²) in [6.45, 7) is 1.80. The summed E-state index contributed by atoms with van der Waals surface area (Å²) < 4.78 is 29.0. The normalized spacial score (nSPS) is 11.5. The average molecular weight is 332 g/mol. The van der Waals surface area contributed by atoms with E-state index >= 15 is 0 Å². The molecule has 1 N–H and O–H groups in total. The van der Waals surface area contributed by atoms with Gasteiger partial charge in [-0.25, -0.2) is 13.4 Å². The summed E-state index contributed by atoms with van der Waals surface area (Å²) in [5.41, 5.74) is 1.21. The maximum Gasteiger partial charge on any atom is 0.270 e. The number of imidazole rings is 1. The second-order valence-corrected chi connectivity index (χ2v) is 6.58. The van der Waals surface area contributed by atoms with Crippen molar-refractivity contribution in [3.8, 4) is 0 Å². The lowest BCUT2D eigenvalue weighted by molar-refractivity contribution is -0.385. The lowest BCUT2D eigenvalue weighted by atomic mass is 10.3. The molecule has 23 heavy (non-hydrogen) atoms. The lowest BCUT2D eigenvalue weighted by Crippen LogP contribution is -2.14. The SMILES string of the molecule is Cc1cn2cccc(NS(=O)(=O)c3cccc([N+](=O)[O-])c3)c2n1.